The van der Waals surface area contributed by atoms with Crippen molar-refractivity contribution >= 4 is 5.97 Å². The van der Waals surface area contributed by atoms with Crippen molar-refractivity contribution in [2.24, 2.45) is 0 Å². The molecule has 2 heterocycles. The Morgan fingerprint density at radius 2 is 2.14 bits per heavy atom. The Balaban J connectivity index is 2.34. The molecule has 0 aromatic carbocycles. The molecule has 0 saturated carbocycles. The lowest BCUT2D eigenvalue weighted by molar-refractivity contribution is 0.0517. The first-order valence-electron chi connectivity index (χ1n) is 7.18. The lowest BCUT2D eigenvalue weighted by Gasteiger charge is -2.11. The molecule has 0 amide bonds. The van der Waals surface area contributed by atoms with Gasteiger partial charge in [-0.05, 0) is 19.8 Å². The maximum absolute atomic E-state index is 11.9. The maximum Gasteiger partial charge on any atom is 0.360 e. The second kappa shape index (κ2) is 6.51. The van der Waals surface area contributed by atoms with Crippen LogP contribution >= 0.6 is 0 Å². The van der Waals surface area contributed by atoms with Gasteiger partial charge in [0.15, 0.2) is 5.69 Å². The van der Waals surface area contributed by atoms with Crippen LogP contribution < -0.4 is 0 Å². The third-order valence-electron chi connectivity index (χ3n) is 3.22. The first-order chi connectivity index (χ1) is 10.1. The summed E-state index contributed by atoms with van der Waals surface area (Å²) >= 11 is 0. The topological polar surface area (TPSA) is 74.8 Å². The summed E-state index contributed by atoms with van der Waals surface area (Å²) in [4.78, 5) is 16.3. The Morgan fingerprint density at radius 3 is 2.76 bits per heavy atom. The number of rotatable bonds is 6. The predicted molar refractivity (Wildman–Crippen MR) is 77.1 cm³/mol. The second-order valence-electron chi connectivity index (χ2n) is 4.99. The summed E-state index contributed by atoms with van der Waals surface area (Å²) in [6.07, 6.45) is 3.69. The van der Waals surface area contributed by atoms with E-state index in [0.717, 1.165) is 18.1 Å². The van der Waals surface area contributed by atoms with Gasteiger partial charge in [-0.1, -0.05) is 19.1 Å². The molecule has 2 aromatic rings. The van der Waals surface area contributed by atoms with E-state index in [1.807, 2.05) is 24.6 Å². The van der Waals surface area contributed by atoms with E-state index < -0.39 is 5.97 Å². The van der Waals surface area contributed by atoms with Crippen LogP contribution in [-0.2, 0) is 17.8 Å². The van der Waals surface area contributed by atoms with Crippen molar-refractivity contribution in [2.45, 2.75) is 46.7 Å². The van der Waals surface area contributed by atoms with Crippen LogP contribution in [0.5, 0.6) is 0 Å². The van der Waals surface area contributed by atoms with Gasteiger partial charge >= 0.3 is 5.97 Å². The van der Waals surface area contributed by atoms with E-state index in [2.05, 4.69) is 22.2 Å². The highest BCUT2D eigenvalue weighted by Gasteiger charge is 2.23. The van der Waals surface area contributed by atoms with Crippen LogP contribution in [0.25, 0.3) is 0 Å². The van der Waals surface area contributed by atoms with Gasteiger partial charge in [-0.3, -0.25) is 0 Å². The summed E-state index contributed by atoms with van der Waals surface area (Å²) in [6.45, 7) is 9.49. The second-order valence-corrected chi connectivity index (χ2v) is 4.99. The van der Waals surface area contributed by atoms with Gasteiger partial charge in [-0.25, -0.2) is 14.5 Å². The number of aromatic nitrogens is 5. The van der Waals surface area contributed by atoms with Crippen molar-refractivity contribution < 1.29 is 9.53 Å². The van der Waals surface area contributed by atoms with E-state index in [-0.39, 0.29) is 5.92 Å². The fourth-order valence-electron chi connectivity index (χ4n) is 2.27. The zero-order chi connectivity index (χ0) is 15.4. The largest absolute Gasteiger partial charge is 0.461 e. The third kappa shape index (κ3) is 3.12. The minimum Gasteiger partial charge on any atom is -0.461 e. The number of ether oxygens (including phenoxy) is 1. The van der Waals surface area contributed by atoms with Crippen LogP contribution in [0.1, 0.15) is 55.6 Å². The zero-order valence-corrected chi connectivity index (χ0v) is 12.9. The smallest absolute Gasteiger partial charge is 0.360 e. The number of aryl methyl sites for hydroxylation is 1. The van der Waals surface area contributed by atoms with Gasteiger partial charge in [0.25, 0.3) is 0 Å². The highest BCUT2D eigenvalue weighted by Crippen LogP contribution is 2.19. The molecular weight excluding hydrogens is 270 g/mol. The number of carbonyl (C=O) groups is 1. The highest BCUT2D eigenvalue weighted by atomic mass is 16.5. The summed E-state index contributed by atoms with van der Waals surface area (Å²) in [5.74, 6) is 0.579. The van der Waals surface area contributed by atoms with E-state index in [0.29, 0.717) is 18.8 Å². The molecule has 2 aromatic heterocycles. The van der Waals surface area contributed by atoms with Crippen LogP contribution in [0, 0.1) is 0 Å². The van der Waals surface area contributed by atoms with E-state index in [1.54, 1.807) is 17.8 Å². The van der Waals surface area contributed by atoms with Gasteiger partial charge < -0.3 is 9.30 Å². The van der Waals surface area contributed by atoms with Crippen LogP contribution in [0.3, 0.4) is 0 Å². The van der Waals surface area contributed by atoms with Crippen molar-refractivity contribution in [1.82, 2.24) is 24.5 Å². The lowest BCUT2D eigenvalue weighted by Crippen LogP contribution is -2.15. The third-order valence-corrected chi connectivity index (χ3v) is 3.22. The molecule has 0 saturated heterocycles. The Morgan fingerprint density at radius 1 is 1.38 bits per heavy atom. The molecule has 0 aliphatic carbocycles. The number of nitrogens with zero attached hydrogens (tertiary/aromatic N) is 5. The van der Waals surface area contributed by atoms with Crippen molar-refractivity contribution in [3.05, 3.63) is 29.6 Å². The van der Waals surface area contributed by atoms with Gasteiger partial charge in [0.1, 0.15) is 12.4 Å². The summed E-state index contributed by atoms with van der Waals surface area (Å²) in [5, 5.41) is 8.10. The zero-order valence-electron chi connectivity index (χ0n) is 12.9. The first-order valence-corrected chi connectivity index (χ1v) is 7.18. The molecule has 7 nitrogen and oxygen atoms in total. The number of esters is 1. The standard InChI is InChI=1S/C14H21N5O2/c1-5-18-8-7-15-11(18)9-19-13(10(3)4)12(16-17-19)14(20)21-6-2/h7-8,10H,5-6,9H2,1-4H3. The monoisotopic (exact) mass is 291 g/mol. The summed E-state index contributed by atoms with van der Waals surface area (Å²) in [7, 11) is 0. The SMILES string of the molecule is CCOC(=O)c1nnn(Cc2nccn2CC)c1C(C)C. The quantitative estimate of drug-likeness (QED) is 0.759. The Labute approximate surface area is 123 Å². The molecule has 0 spiro atoms. The van der Waals surface area contributed by atoms with Crippen molar-refractivity contribution in [3.8, 4) is 0 Å². The Bertz CT molecular complexity index is 615. The normalized spacial score (nSPS) is 11.1. The molecule has 0 radical (unpaired) electrons. The van der Waals surface area contributed by atoms with Gasteiger partial charge in [0.05, 0.1) is 12.3 Å². The highest BCUT2D eigenvalue weighted by molar-refractivity contribution is 5.88. The van der Waals surface area contributed by atoms with Crippen LogP contribution in [0.2, 0.25) is 0 Å². The summed E-state index contributed by atoms with van der Waals surface area (Å²) in [5.41, 5.74) is 1.07. The average Bonchev–Trinajstić information content (AvgIpc) is 3.05. The minimum atomic E-state index is -0.425. The van der Waals surface area contributed by atoms with E-state index in [4.69, 9.17) is 4.74 Å². The van der Waals surface area contributed by atoms with Crippen LogP contribution in [0.4, 0.5) is 0 Å². The molecule has 0 aliphatic heterocycles. The first kappa shape index (κ1) is 15.2. The maximum atomic E-state index is 11.9. The average molecular weight is 291 g/mol. The molecular formula is C14H21N5O2. The molecule has 2 rings (SSSR count). The van der Waals surface area contributed by atoms with Crippen molar-refractivity contribution in [3.63, 3.8) is 0 Å². The minimum absolute atomic E-state index is 0.115. The number of hydrogen-bond donors (Lipinski definition) is 0. The van der Waals surface area contributed by atoms with E-state index in [9.17, 15) is 4.79 Å². The van der Waals surface area contributed by atoms with Gasteiger partial charge in [-0.15, -0.1) is 5.10 Å². The number of hydrogen-bond acceptors (Lipinski definition) is 5. The molecule has 21 heavy (non-hydrogen) atoms. The molecule has 114 valence electrons. The predicted octanol–water partition coefficient (Wildman–Crippen LogP) is 1.84. The lowest BCUT2D eigenvalue weighted by atomic mass is 10.1. The molecule has 0 atom stereocenters. The van der Waals surface area contributed by atoms with Crippen molar-refractivity contribution in [1.29, 1.82) is 0 Å². The van der Waals surface area contributed by atoms with E-state index >= 15 is 0 Å². The summed E-state index contributed by atoms with van der Waals surface area (Å²) < 4.78 is 8.80. The molecule has 0 aliphatic rings. The Kier molecular flexibility index (Phi) is 4.72. The summed E-state index contributed by atoms with van der Waals surface area (Å²) in [6, 6.07) is 0. The van der Waals surface area contributed by atoms with Crippen molar-refractivity contribution in [2.75, 3.05) is 6.61 Å². The van der Waals surface area contributed by atoms with Gasteiger partial charge in [-0.2, -0.15) is 0 Å². The van der Waals surface area contributed by atoms with Gasteiger partial charge in [0.2, 0.25) is 0 Å². The van der Waals surface area contributed by atoms with Crippen LogP contribution in [-0.4, -0.2) is 37.1 Å². The number of imidazole rings is 1. The molecule has 0 N–H and O–H groups in total. The van der Waals surface area contributed by atoms with Crippen LogP contribution in [0.15, 0.2) is 12.4 Å². The number of carbonyl (C=O) groups excluding carboxylic acids is 1. The fourth-order valence-corrected chi connectivity index (χ4v) is 2.27. The molecule has 0 fully saturated rings. The fraction of sp³-hybridized carbons (Fsp3) is 0.571. The van der Waals surface area contributed by atoms with Gasteiger partial charge in [0, 0.05) is 18.9 Å². The Hall–Kier alpha value is -2.18. The molecule has 7 heteroatoms. The van der Waals surface area contributed by atoms with E-state index in [1.165, 1.54) is 0 Å². The molecule has 0 unspecified atom stereocenters. The molecule has 0 bridgehead atoms.